The molecule has 1 aromatic carbocycles. The zero-order valence-corrected chi connectivity index (χ0v) is 12.7. The first kappa shape index (κ1) is 15.3. The molecule has 0 aliphatic rings. The van der Waals surface area contributed by atoms with E-state index in [-0.39, 0.29) is 17.6 Å². The molecular weight excluding hydrogens is 246 g/mol. The van der Waals surface area contributed by atoms with E-state index in [0.29, 0.717) is 0 Å². The Balaban J connectivity index is 2.93. The molecule has 18 heavy (non-hydrogen) atoms. The van der Waals surface area contributed by atoms with Gasteiger partial charge < -0.3 is 10.5 Å². The molecule has 0 bridgehead atoms. The van der Waals surface area contributed by atoms with E-state index in [0.717, 1.165) is 22.8 Å². The van der Waals surface area contributed by atoms with Crippen LogP contribution in [0.2, 0.25) is 5.02 Å². The predicted octanol–water partition coefficient (Wildman–Crippen LogP) is 4.18. The fourth-order valence-corrected chi connectivity index (χ4v) is 2.08. The van der Waals surface area contributed by atoms with Gasteiger partial charge >= 0.3 is 0 Å². The van der Waals surface area contributed by atoms with Crippen molar-refractivity contribution in [3.63, 3.8) is 0 Å². The maximum absolute atomic E-state index is 6.17. The molecule has 2 unspecified atom stereocenters. The highest BCUT2D eigenvalue weighted by Crippen LogP contribution is 2.29. The van der Waals surface area contributed by atoms with E-state index in [1.807, 2.05) is 25.1 Å². The van der Waals surface area contributed by atoms with Gasteiger partial charge in [-0.05, 0) is 37.1 Å². The lowest BCUT2D eigenvalue weighted by Crippen LogP contribution is -2.47. The Hall–Kier alpha value is -0.730. The number of hydrogen-bond donors (Lipinski definition) is 1. The number of nitrogens with two attached hydrogens (primary N) is 1. The summed E-state index contributed by atoms with van der Waals surface area (Å²) in [5.74, 6) is 0.834. The van der Waals surface area contributed by atoms with Crippen LogP contribution in [0.5, 0.6) is 5.75 Å². The molecule has 0 aromatic heterocycles. The standard InChI is InChI=1S/C15H24ClNO/c1-6-13(17)14(15(3,4)5)18-11-7-8-12(16)10(2)9-11/h7-9,13-14H,6,17H2,1-5H3. The van der Waals surface area contributed by atoms with Crippen LogP contribution in [0, 0.1) is 12.3 Å². The lowest BCUT2D eigenvalue weighted by Gasteiger charge is -2.35. The van der Waals surface area contributed by atoms with E-state index in [1.165, 1.54) is 0 Å². The molecule has 0 amide bonds. The van der Waals surface area contributed by atoms with E-state index in [9.17, 15) is 0 Å². The molecule has 0 aliphatic heterocycles. The minimum atomic E-state index is -0.0110. The molecule has 0 radical (unpaired) electrons. The summed E-state index contributed by atoms with van der Waals surface area (Å²) in [5.41, 5.74) is 7.19. The Morgan fingerprint density at radius 1 is 1.33 bits per heavy atom. The quantitative estimate of drug-likeness (QED) is 0.890. The number of aryl methyl sites for hydroxylation is 1. The third-order valence-electron chi connectivity index (χ3n) is 3.11. The van der Waals surface area contributed by atoms with Crippen LogP contribution in [0.25, 0.3) is 0 Å². The van der Waals surface area contributed by atoms with Gasteiger partial charge in [0.25, 0.3) is 0 Å². The second kappa shape index (κ2) is 5.94. The number of rotatable bonds is 4. The van der Waals surface area contributed by atoms with Gasteiger partial charge in [-0.3, -0.25) is 0 Å². The molecule has 102 valence electrons. The smallest absolute Gasteiger partial charge is 0.120 e. The molecule has 1 aromatic rings. The Morgan fingerprint density at radius 3 is 2.39 bits per heavy atom. The first-order valence-corrected chi connectivity index (χ1v) is 6.82. The molecule has 3 heteroatoms. The van der Waals surface area contributed by atoms with Crippen LogP contribution in [-0.2, 0) is 0 Å². The molecule has 0 spiro atoms. The van der Waals surface area contributed by atoms with Crippen LogP contribution in [0.15, 0.2) is 18.2 Å². The average Bonchev–Trinajstić information content (AvgIpc) is 2.28. The third-order valence-corrected chi connectivity index (χ3v) is 3.53. The summed E-state index contributed by atoms with van der Waals surface area (Å²) in [4.78, 5) is 0. The minimum Gasteiger partial charge on any atom is -0.488 e. The topological polar surface area (TPSA) is 35.2 Å². The molecule has 0 heterocycles. The maximum Gasteiger partial charge on any atom is 0.120 e. The molecule has 0 saturated heterocycles. The fraction of sp³-hybridized carbons (Fsp3) is 0.600. The van der Waals surface area contributed by atoms with Crippen molar-refractivity contribution in [2.24, 2.45) is 11.1 Å². The van der Waals surface area contributed by atoms with Crippen LogP contribution >= 0.6 is 11.6 Å². The summed E-state index contributed by atoms with van der Waals surface area (Å²) in [6.45, 7) is 10.5. The van der Waals surface area contributed by atoms with Gasteiger partial charge in [0.1, 0.15) is 11.9 Å². The van der Waals surface area contributed by atoms with Gasteiger partial charge in [0.15, 0.2) is 0 Å². The van der Waals surface area contributed by atoms with E-state index in [4.69, 9.17) is 22.1 Å². The van der Waals surface area contributed by atoms with Gasteiger partial charge in [0.2, 0.25) is 0 Å². The summed E-state index contributed by atoms with van der Waals surface area (Å²) in [6, 6.07) is 5.75. The predicted molar refractivity (Wildman–Crippen MR) is 78.3 cm³/mol. The summed E-state index contributed by atoms with van der Waals surface area (Å²) >= 11 is 6.02. The van der Waals surface area contributed by atoms with E-state index >= 15 is 0 Å². The highest BCUT2D eigenvalue weighted by molar-refractivity contribution is 6.31. The summed E-state index contributed by atoms with van der Waals surface area (Å²) in [5, 5.41) is 0.759. The van der Waals surface area contributed by atoms with Gasteiger partial charge in [-0.2, -0.15) is 0 Å². The van der Waals surface area contributed by atoms with Crippen molar-refractivity contribution in [2.75, 3.05) is 0 Å². The summed E-state index contributed by atoms with van der Waals surface area (Å²) in [7, 11) is 0. The largest absolute Gasteiger partial charge is 0.488 e. The zero-order valence-electron chi connectivity index (χ0n) is 12.0. The Labute approximate surface area is 115 Å². The summed E-state index contributed by atoms with van der Waals surface area (Å²) in [6.07, 6.45) is 0.886. The van der Waals surface area contributed by atoms with Gasteiger partial charge in [0, 0.05) is 16.5 Å². The second-order valence-corrected chi connectivity index (χ2v) is 6.29. The van der Waals surface area contributed by atoms with E-state index in [1.54, 1.807) is 0 Å². The molecule has 2 nitrogen and oxygen atoms in total. The maximum atomic E-state index is 6.17. The highest BCUT2D eigenvalue weighted by Gasteiger charge is 2.31. The van der Waals surface area contributed by atoms with Crippen molar-refractivity contribution in [3.8, 4) is 5.75 Å². The first-order chi connectivity index (χ1) is 8.25. The van der Waals surface area contributed by atoms with Crippen molar-refractivity contribution in [1.82, 2.24) is 0 Å². The molecule has 0 aliphatic carbocycles. The second-order valence-electron chi connectivity index (χ2n) is 5.89. The van der Waals surface area contributed by atoms with Gasteiger partial charge in [-0.15, -0.1) is 0 Å². The fourth-order valence-electron chi connectivity index (χ4n) is 1.96. The van der Waals surface area contributed by atoms with Gasteiger partial charge in [-0.25, -0.2) is 0 Å². The molecule has 0 fully saturated rings. The Morgan fingerprint density at radius 2 is 1.94 bits per heavy atom. The average molecular weight is 270 g/mol. The molecule has 2 N–H and O–H groups in total. The van der Waals surface area contributed by atoms with Crippen molar-refractivity contribution in [2.45, 2.75) is 53.2 Å². The molecule has 1 rings (SSSR count). The lowest BCUT2D eigenvalue weighted by atomic mass is 9.84. The number of hydrogen-bond acceptors (Lipinski definition) is 2. The Kier molecular flexibility index (Phi) is 5.06. The zero-order chi connectivity index (χ0) is 13.9. The van der Waals surface area contributed by atoms with E-state index < -0.39 is 0 Å². The van der Waals surface area contributed by atoms with Crippen LogP contribution in [0.1, 0.15) is 39.7 Å². The van der Waals surface area contributed by atoms with E-state index in [2.05, 4.69) is 27.7 Å². The lowest BCUT2D eigenvalue weighted by molar-refractivity contribution is 0.0621. The molecule has 2 atom stereocenters. The van der Waals surface area contributed by atoms with Gasteiger partial charge in [-0.1, -0.05) is 39.3 Å². The highest BCUT2D eigenvalue weighted by atomic mass is 35.5. The van der Waals surface area contributed by atoms with Gasteiger partial charge in [0.05, 0.1) is 0 Å². The molecular formula is C15H24ClNO. The SMILES string of the molecule is CCC(N)C(Oc1ccc(Cl)c(C)c1)C(C)(C)C. The first-order valence-electron chi connectivity index (χ1n) is 6.44. The number of ether oxygens (including phenoxy) is 1. The third kappa shape index (κ3) is 3.89. The van der Waals surface area contributed by atoms with Crippen molar-refractivity contribution in [1.29, 1.82) is 0 Å². The Bertz CT molecular complexity index is 398. The van der Waals surface area contributed by atoms with Crippen LogP contribution in [0.3, 0.4) is 0 Å². The monoisotopic (exact) mass is 269 g/mol. The minimum absolute atomic E-state index is 0.00294. The number of halogens is 1. The van der Waals surface area contributed by atoms with Crippen LogP contribution in [0.4, 0.5) is 0 Å². The van der Waals surface area contributed by atoms with Crippen molar-refractivity contribution < 1.29 is 4.74 Å². The molecule has 0 saturated carbocycles. The van der Waals surface area contributed by atoms with Crippen molar-refractivity contribution in [3.05, 3.63) is 28.8 Å². The normalized spacial score (nSPS) is 15.3. The van der Waals surface area contributed by atoms with Crippen LogP contribution in [-0.4, -0.2) is 12.1 Å². The van der Waals surface area contributed by atoms with Crippen LogP contribution < -0.4 is 10.5 Å². The van der Waals surface area contributed by atoms with Crippen molar-refractivity contribution >= 4 is 11.6 Å². The number of benzene rings is 1. The summed E-state index contributed by atoms with van der Waals surface area (Å²) < 4.78 is 6.08.